The first-order chi connectivity index (χ1) is 8.25. The predicted octanol–water partition coefficient (Wildman–Crippen LogP) is 1.33. The summed E-state index contributed by atoms with van der Waals surface area (Å²) in [6.07, 6.45) is 8.11. The Morgan fingerprint density at radius 3 is 2.82 bits per heavy atom. The number of imidazole rings is 1. The van der Waals surface area contributed by atoms with Crippen LogP contribution >= 0.6 is 0 Å². The maximum atomic E-state index is 9.42. The van der Waals surface area contributed by atoms with E-state index in [1.165, 1.54) is 0 Å². The average molecular weight is 237 g/mol. The Morgan fingerprint density at radius 1 is 1.41 bits per heavy atom. The largest absolute Gasteiger partial charge is 0.393 e. The van der Waals surface area contributed by atoms with Gasteiger partial charge in [-0.05, 0) is 45.1 Å². The lowest BCUT2D eigenvalue weighted by molar-refractivity contribution is 0.108. The maximum Gasteiger partial charge on any atom is 0.105 e. The smallest absolute Gasteiger partial charge is 0.105 e. The van der Waals surface area contributed by atoms with Crippen LogP contribution in [0.3, 0.4) is 0 Å². The zero-order valence-electron chi connectivity index (χ0n) is 10.6. The third-order valence-corrected chi connectivity index (χ3v) is 3.70. The summed E-state index contributed by atoms with van der Waals surface area (Å²) in [4.78, 5) is 4.20. The van der Waals surface area contributed by atoms with Crippen LogP contribution in [-0.2, 0) is 6.54 Å². The molecule has 1 aliphatic rings. The van der Waals surface area contributed by atoms with Gasteiger partial charge in [0.15, 0.2) is 0 Å². The van der Waals surface area contributed by atoms with Crippen LogP contribution in [0.4, 0.5) is 0 Å². The van der Waals surface area contributed by atoms with Gasteiger partial charge in [-0.3, -0.25) is 0 Å². The van der Waals surface area contributed by atoms with E-state index in [1.807, 2.05) is 19.3 Å². The van der Waals surface area contributed by atoms with Gasteiger partial charge in [-0.2, -0.15) is 0 Å². The van der Waals surface area contributed by atoms with Gasteiger partial charge in [-0.25, -0.2) is 4.98 Å². The summed E-state index contributed by atoms with van der Waals surface area (Å²) in [5.74, 6) is 1.83. The summed E-state index contributed by atoms with van der Waals surface area (Å²) >= 11 is 0. The monoisotopic (exact) mass is 237 g/mol. The second kappa shape index (κ2) is 6.17. The van der Waals surface area contributed by atoms with Crippen LogP contribution < -0.4 is 5.32 Å². The van der Waals surface area contributed by atoms with E-state index in [9.17, 15) is 5.11 Å². The van der Waals surface area contributed by atoms with Crippen LogP contribution in [0, 0.1) is 12.8 Å². The Hall–Kier alpha value is -0.870. The van der Waals surface area contributed by atoms with Gasteiger partial charge in [0.2, 0.25) is 0 Å². The van der Waals surface area contributed by atoms with E-state index in [-0.39, 0.29) is 6.10 Å². The molecule has 4 nitrogen and oxygen atoms in total. The fraction of sp³-hybridized carbons (Fsp3) is 0.769. The van der Waals surface area contributed by atoms with Gasteiger partial charge in [-0.15, -0.1) is 0 Å². The third-order valence-electron chi connectivity index (χ3n) is 3.70. The predicted molar refractivity (Wildman–Crippen MR) is 67.8 cm³/mol. The number of aromatic nitrogens is 2. The average Bonchev–Trinajstić information content (AvgIpc) is 2.73. The van der Waals surface area contributed by atoms with E-state index in [0.717, 1.165) is 57.1 Å². The number of nitrogens with one attached hydrogen (secondary N) is 1. The fourth-order valence-corrected chi connectivity index (χ4v) is 2.49. The standard InChI is InChI=1S/C13H23N3O/c1-11-15-7-9-16(11)8-6-14-10-12-2-4-13(17)5-3-12/h7,9,12-14,17H,2-6,8,10H2,1H3. The fourth-order valence-electron chi connectivity index (χ4n) is 2.49. The lowest BCUT2D eigenvalue weighted by atomic mass is 9.87. The minimum atomic E-state index is -0.0418. The molecule has 0 unspecified atom stereocenters. The van der Waals surface area contributed by atoms with E-state index < -0.39 is 0 Å². The van der Waals surface area contributed by atoms with Crippen molar-refractivity contribution in [1.82, 2.24) is 14.9 Å². The summed E-state index contributed by atoms with van der Waals surface area (Å²) in [6.45, 7) is 5.10. The van der Waals surface area contributed by atoms with E-state index in [4.69, 9.17) is 0 Å². The summed E-state index contributed by atoms with van der Waals surface area (Å²) < 4.78 is 2.16. The van der Waals surface area contributed by atoms with Crippen LogP contribution in [0.2, 0.25) is 0 Å². The van der Waals surface area contributed by atoms with Crippen molar-refractivity contribution in [2.45, 2.75) is 45.3 Å². The van der Waals surface area contributed by atoms with Crippen LogP contribution in [0.5, 0.6) is 0 Å². The molecule has 1 fully saturated rings. The Labute approximate surface area is 103 Å². The zero-order chi connectivity index (χ0) is 12.1. The molecule has 2 rings (SSSR count). The summed E-state index contributed by atoms with van der Waals surface area (Å²) in [7, 11) is 0. The van der Waals surface area contributed by atoms with Crippen molar-refractivity contribution in [1.29, 1.82) is 0 Å². The molecule has 96 valence electrons. The number of nitrogens with zero attached hydrogens (tertiary/aromatic N) is 2. The lowest BCUT2D eigenvalue weighted by Gasteiger charge is -2.25. The minimum Gasteiger partial charge on any atom is -0.393 e. The van der Waals surface area contributed by atoms with Crippen molar-refractivity contribution in [2.75, 3.05) is 13.1 Å². The zero-order valence-corrected chi connectivity index (χ0v) is 10.6. The molecule has 0 saturated heterocycles. The number of rotatable bonds is 5. The molecule has 2 N–H and O–H groups in total. The lowest BCUT2D eigenvalue weighted by Crippen LogP contribution is -2.30. The highest BCUT2D eigenvalue weighted by Gasteiger charge is 2.18. The molecule has 1 heterocycles. The topological polar surface area (TPSA) is 50.1 Å². The van der Waals surface area contributed by atoms with E-state index in [1.54, 1.807) is 0 Å². The van der Waals surface area contributed by atoms with Crippen molar-refractivity contribution in [2.24, 2.45) is 5.92 Å². The second-order valence-electron chi connectivity index (χ2n) is 5.05. The molecule has 0 atom stereocenters. The molecule has 1 saturated carbocycles. The summed E-state index contributed by atoms with van der Waals surface area (Å²) in [5.41, 5.74) is 0. The van der Waals surface area contributed by atoms with Crippen molar-refractivity contribution >= 4 is 0 Å². The molecule has 0 aliphatic heterocycles. The Bertz CT molecular complexity index is 329. The van der Waals surface area contributed by atoms with Crippen LogP contribution in [0.15, 0.2) is 12.4 Å². The maximum absolute atomic E-state index is 9.42. The molecule has 4 heteroatoms. The highest BCUT2D eigenvalue weighted by molar-refractivity contribution is 4.88. The highest BCUT2D eigenvalue weighted by Crippen LogP contribution is 2.23. The molecule has 1 aromatic rings. The molecule has 0 bridgehead atoms. The van der Waals surface area contributed by atoms with E-state index >= 15 is 0 Å². The quantitative estimate of drug-likeness (QED) is 0.760. The van der Waals surface area contributed by atoms with Gasteiger partial charge < -0.3 is 15.0 Å². The number of aliphatic hydroxyl groups excluding tert-OH is 1. The molecule has 17 heavy (non-hydrogen) atoms. The van der Waals surface area contributed by atoms with Crippen molar-refractivity contribution in [3.05, 3.63) is 18.2 Å². The van der Waals surface area contributed by atoms with Gasteiger partial charge >= 0.3 is 0 Å². The first-order valence-corrected chi connectivity index (χ1v) is 6.62. The van der Waals surface area contributed by atoms with Gasteiger partial charge in [0.1, 0.15) is 5.82 Å². The summed E-state index contributed by atoms with van der Waals surface area (Å²) in [5, 5.41) is 12.9. The number of hydrogen-bond donors (Lipinski definition) is 2. The van der Waals surface area contributed by atoms with Crippen LogP contribution in [-0.4, -0.2) is 33.9 Å². The first kappa shape index (κ1) is 12.6. The summed E-state index contributed by atoms with van der Waals surface area (Å²) in [6, 6.07) is 0. The van der Waals surface area contributed by atoms with Crippen molar-refractivity contribution in [3.8, 4) is 0 Å². The third kappa shape index (κ3) is 3.82. The van der Waals surface area contributed by atoms with Gasteiger partial charge in [0.05, 0.1) is 6.10 Å². The van der Waals surface area contributed by atoms with Gasteiger partial charge in [0.25, 0.3) is 0 Å². The first-order valence-electron chi connectivity index (χ1n) is 6.62. The van der Waals surface area contributed by atoms with Crippen molar-refractivity contribution in [3.63, 3.8) is 0 Å². The number of hydrogen-bond acceptors (Lipinski definition) is 3. The molecule has 1 aliphatic carbocycles. The molecule has 0 amide bonds. The van der Waals surface area contributed by atoms with Crippen LogP contribution in [0.1, 0.15) is 31.5 Å². The molecule has 1 aromatic heterocycles. The Kier molecular flexibility index (Phi) is 4.57. The highest BCUT2D eigenvalue weighted by atomic mass is 16.3. The van der Waals surface area contributed by atoms with Crippen molar-refractivity contribution < 1.29 is 5.11 Å². The molecular formula is C13H23N3O. The SMILES string of the molecule is Cc1nccn1CCNCC1CCC(O)CC1. The molecular weight excluding hydrogens is 214 g/mol. The van der Waals surface area contributed by atoms with Crippen LogP contribution in [0.25, 0.3) is 0 Å². The van der Waals surface area contributed by atoms with Gasteiger partial charge in [0, 0.05) is 25.5 Å². The Morgan fingerprint density at radius 2 is 2.18 bits per heavy atom. The molecule has 0 radical (unpaired) electrons. The molecule has 0 aromatic carbocycles. The van der Waals surface area contributed by atoms with E-state index in [2.05, 4.69) is 14.9 Å². The number of aliphatic hydroxyl groups is 1. The molecule has 0 spiro atoms. The minimum absolute atomic E-state index is 0.0418. The van der Waals surface area contributed by atoms with E-state index in [0.29, 0.717) is 0 Å². The normalized spacial score (nSPS) is 25.1. The second-order valence-corrected chi connectivity index (χ2v) is 5.05. The number of aryl methyl sites for hydroxylation is 1. The van der Waals surface area contributed by atoms with Gasteiger partial charge in [-0.1, -0.05) is 0 Å². The Balaban J connectivity index is 1.59.